The lowest BCUT2D eigenvalue weighted by molar-refractivity contribution is -0.111. The molecule has 2 rings (SSSR count). The summed E-state index contributed by atoms with van der Waals surface area (Å²) in [6.45, 7) is 2.53. The van der Waals surface area contributed by atoms with Crippen LogP contribution in [0.2, 0.25) is 0 Å². The first kappa shape index (κ1) is 17.6. The minimum atomic E-state index is -0.356. The summed E-state index contributed by atoms with van der Waals surface area (Å²) in [6, 6.07) is 8.95. The van der Waals surface area contributed by atoms with Crippen LogP contribution in [-0.4, -0.2) is 24.2 Å². The second-order valence-electron chi connectivity index (χ2n) is 5.27. The second kappa shape index (κ2) is 8.21. The third kappa shape index (κ3) is 4.89. The molecule has 1 N–H and O–H groups in total. The highest BCUT2D eigenvalue weighted by molar-refractivity contribution is 6.03. The molecule has 0 aliphatic carbocycles. The largest absolute Gasteiger partial charge is 0.383 e. The highest BCUT2D eigenvalue weighted by Crippen LogP contribution is 2.15. The van der Waals surface area contributed by atoms with Crippen LogP contribution in [0.3, 0.4) is 0 Å². The van der Waals surface area contributed by atoms with Crippen LogP contribution in [0.1, 0.15) is 12.5 Å². The van der Waals surface area contributed by atoms with E-state index in [0.717, 1.165) is 0 Å². The molecule has 1 aromatic carbocycles. The number of halogens is 1. The van der Waals surface area contributed by atoms with Crippen LogP contribution in [0, 0.1) is 5.82 Å². The van der Waals surface area contributed by atoms with Crippen molar-refractivity contribution in [2.24, 2.45) is 0 Å². The second-order valence-corrected chi connectivity index (χ2v) is 5.27. The fourth-order valence-electron chi connectivity index (χ4n) is 2.16. The molecule has 0 bridgehead atoms. The third-order valence-corrected chi connectivity index (χ3v) is 3.41. The van der Waals surface area contributed by atoms with Crippen LogP contribution in [0.4, 0.5) is 10.1 Å². The van der Waals surface area contributed by atoms with E-state index in [0.29, 0.717) is 30.0 Å². The first-order valence-electron chi connectivity index (χ1n) is 7.44. The summed E-state index contributed by atoms with van der Waals surface area (Å²) in [5, 5.41) is 2.69. The van der Waals surface area contributed by atoms with Gasteiger partial charge in [0.2, 0.25) is 5.91 Å². The zero-order chi connectivity index (χ0) is 17.5. The number of pyridine rings is 1. The maximum atomic E-state index is 13.2. The summed E-state index contributed by atoms with van der Waals surface area (Å²) in [5.74, 6) is -0.709. The molecule has 0 saturated carbocycles. The van der Waals surface area contributed by atoms with E-state index in [9.17, 15) is 14.0 Å². The van der Waals surface area contributed by atoms with E-state index in [1.165, 1.54) is 34.9 Å². The molecule has 0 atom stereocenters. The molecule has 1 amide bonds. The number of allylic oxidation sites excluding steroid dienone is 1. The lowest BCUT2D eigenvalue weighted by Gasteiger charge is -2.08. The lowest BCUT2D eigenvalue weighted by Crippen LogP contribution is -2.22. The molecule has 5 nitrogen and oxygen atoms in total. The molecule has 126 valence electrons. The van der Waals surface area contributed by atoms with Crippen molar-refractivity contribution in [3.05, 3.63) is 70.4 Å². The normalized spacial score (nSPS) is 11.4. The minimum Gasteiger partial charge on any atom is -0.383 e. The van der Waals surface area contributed by atoms with Gasteiger partial charge in [0.05, 0.1) is 12.3 Å². The van der Waals surface area contributed by atoms with E-state index in [1.54, 1.807) is 32.4 Å². The molecule has 2 aromatic rings. The molecule has 0 unspecified atom stereocenters. The first-order valence-corrected chi connectivity index (χ1v) is 7.44. The van der Waals surface area contributed by atoms with Crippen LogP contribution in [-0.2, 0) is 16.1 Å². The average molecular weight is 330 g/mol. The Hall–Kier alpha value is -2.73. The average Bonchev–Trinajstić information content (AvgIpc) is 2.55. The highest BCUT2D eigenvalue weighted by Gasteiger charge is 2.04. The van der Waals surface area contributed by atoms with E-state index in [2.05, 4.69) is 5.32 Å². The van der Waals surface area contributed by atoms with Crippen molar-refractivity contribution < 1.29 is 13.9 Å². The molecule has 0 saturated heterocycles. The molecule has 0 aliphatic heterocycles. The number of nitrogens with zero attached hydrogens (tertiary/aromatic N) is 1. The zero-order valence-electron chi connectivity index (χ0n) is 13.6. The maximum absolute atomic E-state index is 13.2. The van der Waals surface area contributed by atoms with Gasteiger partial charge < -0.3 is 14.6 Å². The number of benzene rings is 1. The highest BCUT2D eigenvalue weighted by atomic mass is 19.1. The fraction of sp³-hybridized carbons (Fsp3) is 0.222. The van der Waals surface area contributed by atoms with Crippen molar-refractivity contribution in [1.29, 1.82) is 0 Å². The number of amides is 1. The molecule has 0 aliphatic rings. The number of ether oxygens (including phenoxy) is 1. The Kier molecular flexibility index (Phi) is 6.03. The fourth-order valence-corrected chi connectivity index (χ4v) is 2.16. The van der Waals surface area contributed by atoms with Crippen LogP contribution < -0.4 is 10.9 Å². The van der Waals surface area contributed by atoms with E-state index in [4.69, 9.17) is 4.74 Å². The van der Waals surface area contributed by atoms with Gasteiger partial charge in [-0.15, -0.1) is 0 Å². The predicted octanol–water partition coefficient (Wildman–Crippen LogP) is 2.68. The Morgan fingerprint density at radius 2 is 2.12 bits per heavy atom. The number of hydrogen-bond acceptors (Lipinski definition) is 3. The van der Waals surface area contributed by atoms with E-state index in [1.807, 2.05) is 0 Å². The number of carbonyl (C=O) groups is 1. The molecule has 0 radical (unpaired) electrons. The van der Waals surface area contributed by atoms with Crippen LogP contribution in [0.5, 0.6) is 0 Å². The molecule has 6 heteroatoms. The zero-order valence-corrected chi connectivity index (χ0v) is 13.6. The third-order valence-electron chi connectivity index (χ3n) is 3.41. The molecule has 24 heavy (non-hydrogen) atoms. The number of carbonyl (C=O) groups excluding carboxylic acids is 1. The Morgan fingerprint density at radius 3 is 2.83 bits per heavy atom. The van der Waals surface area contributed by atoms with Gasteiger partial charge >= 0.3 is 0 Å². The standard InChI is InChI=1S/C18H19FN2O3/c1-13(14-4-3-5-15(19)11-14)10-17(22)20-16-6-7-18(23)21(12-16)8-9-24-2/h3-7,10-12H,8-9H2,1-2H3,(H,20,22)/b13-10+. The van der Waals surface area contributed by atoms with Gasteiger partial charge in [0.15, 0.2) is 0 Å². The van der Waals surface area contributed by atoms with Crippen molar-refractivity contribution in [1.82, 2.24) is 4.57 Å². The molecular formula is C18H19FN2O3. The lowest BCUT2D eigenvalue weighted by atomic mass is 10.1. The van der Waals surface area contributed by atoms with Gasteiger partial charge in [0.1, 0.15) is 5.82 Å². The van der Waals surface area contributed by atoms with Crippen LogP contribution in [0.25, 0.3) is 5.57 Å². The van der Waals surface area contributed by atoms with Gasteiger partial charge in [-0.1, -0.05) is 12.1 Å². The summed E-state index contributed by atoms with van der Waals surface area (Å²) in [7, 11) is 1.55. The quantitative estimate of drug-likeness (QED) is 0.829. The Labute approximate surface area is 139 Å². The summed E-state index contributed by atoms with van der Waals surface area (Å²) >= 11 is 0. The summed E-state index contributed by atoms with van der Waals surface area (Å²) < 4.78 is 19.6. The van der Waals surface area contributed by atoms with Crippen LogP contribution in [0.15, 0.2) is 53.5 Å². The summed E-state index contributed by atoms with van der Waals surface area (Å²) in [4.78, 5) is 23.8. The van der Waals surface area contributed by atoms with Gasteiger partial charge in [-0.05, 0) is 36.3 Å². The number of aromatic nitrogens is 1. The van der Waals surface area contributed by atoms with Crippen molar-refractivity contribution in [3.63, 3.8) is 0 Å². The van der Waals surface area contributed by atoms with Gasteiger partial charge in [0, 0.05) is 32.0 Å². The maximum Gasteiger partial charge on any atom is 0.250 e. The molecular weight excluding hydrogens is 311 g/mol. The Balaban J connectivity index is 2.11. The van der Waals surface area contributed by atoms with Gasteiger partial charge in [-0.3, -0.25) is 9.59 Å². The van der Waals surface area contributed by atoms with Gasteiger partial charge in [-0.2, -0.15) is 0 Å². The SMILES string of the molecule is COCCn1cc(NC(=O)/C=C(\C)c2cccc(F)c2)ccc1=O. The van der Waals surface area contributed by atoms with Crippen LogP contribution >= 0.6 is 0 Å². The van der Waals surface area contributed by atoms with Gasteiger partial charge in [0.25, 0.3) is 5.56 Å². The Bertz CT molecular complexity index is 812. The molecule has 1 aromatic heterocycles. The van der Waals surface area contributed by atoms with Crippen molar-refractivity contribution in [2.75, 3.05) is 19.0 Å². The molecule has 0 spiro atoms. The van der Waals surface area contributed by atoms with Crippen molar-refractivity contribution in [3.8, 4) is 0 Å². The summed E-state index contributed by atoms with van der Waals surface area (Å²) in [6.07, 6.45) is 2.95. The first-order chi connectivity index (χ1) is 11.5. The minimum absolute atomic E-state index is 0.170. The predicted molar refractivity (Wildman–Crippen MR) is 91.3 cm³/mol. The van der Waals surface area contributed by atoms with E-state index in [-0.39, 0.29) is 17.3 Å². The molecule has 1 heterocycles. The molecule has 0 fully saturated rings. The number of nitrogens with one attached hydrogen (secondary N) is 1. The van der Waals surface area contributed by atoms with Crippen molar-refractivity contribution in [2.45, 2.75) is 13.5 Å². The number of hydrogen-bond donors (Lipinski definition) is 1. The smallest absolute Gasteiger partial charge is 0.250 e. The Morgan fingerprint density at radius 1 is 1.33 bits per heavy atom. The topological polar surface area (TPSA) is 60.3 Å². The number of methoxy groups -OCH3 is 1. The van der Waals surface area contributed by atoms with Gasteiger partial charge in [-0.25, -0.2) is 4.39 Å². The monoisotopic (exact) mass is 330 g/mol. The number of rotatable bonds is 6. The summed E-state index contributed by atoms with van der Waals surface area (Å²) in [5.41, 5.74) is 1.60. The van der Waals surface area contributed by atoms with E-state index >= 15 is 0 Å². The number of anilines is 1. The van der Waals surface area contributed by atoms with E-state index < -0.39 is 0 Å². The van der Waals surface area contributed by atoms with Crippen molar-refractivity contribution >= 4 is 17.2 Å².